The van der Waals surface area contributed by atoms with Gasteiger partial charge in [0.15, 0.2) is 0 Å². The number of benzene rings is 1. The number of sulfone groups is 1. The molecule has 2 rings (SSSR count). The summed E-state index contributed by atoms with van der Waals surface area (Å²) in [6.07, 6.45) is 1.66. The fourth-order valence-corrected chi connectivity index (χ4v) is 8.13. The van der Waals surface area contributed by atoms with Gasteiger partial charge in [-0.25, -0.2) is 0 Å². The van der Waals surface area contributed by atoms with Gasteiger partial charge in [-0.05, 0) is 0 Å². The van der Waals surface area contributed by atoms with Crippen molar-refractivity contribution in [2.45, 2.75) is 37.8 Å². The fraction of sp³-hybridized carbons (Fsp3) is 0.600. The van der Waals surface area contributed by atoms with Crippen molar-refractivity contribution in [1.82, 2.24) is 0 Å². The molecular formula is C15H22O2SSe. The van der Waals surface area contributed by atoms with Crippen LogP contribution in [0, 0.1) is 11.3 Å². The summed E-state index contributed by atoms with van der Waals surface area (Å²) in [6, 6.07) is 10.1. The van der Waals surface area contributed by atoms with Gasteiger partial charge in [0.1, 0.15) is 0 Å². The molecule has 0 amide bonds. The van der Waals surface area contributed by atoms with Crippen molar-refractivity contribution >= 4 is 29.3 Å². The molecule has 2 nitrogen and oxygen atoms in total. The SMILES string of the molecule is CC(C)(C)[C@H]1CCS(=O)(=O)[C@H]([Se]c2ccccc2)C1. The van der Waals surface area contributed by atoms with Gasteiger partial charge in [-0.2, -0.15) is 0 Å². The Hall–Kier alpha value is -0.311. The van der Waals surface area contributed by atoms with Gasteiger partial charge in [-0.1, -0.05) is 0 Å². The molecule has 1 aliphatic rings. The third kappa shape index (κ3) is 3.84. The minimum atomic E-state index is -2.89. The van der Waals surface area contributed by atoms with E-state index in [0.717, 1.165) is 12.8 Å². The van der Waals surface area contributed by atoms with Gasteiger partial charge in [-0.3, -0.25) is 0 Å². The summed E-state index contributed by atoms with van der Waals surface area (Å²) in [4.78, 5) is 0. The standard InChI is InChI=1S/C15H22O2SSe/c1-15(2,3)12-9-10-18(16,17)14(11-12)19-13-7-5-4-6-8-13/h4-8,12,14H,9-11H2,1-3H3/t12-,14+/m0/s1. The number of hydrogen-bond acceptors (Lipinski definition) is 2. The molecule has 1 saturated heterocycles. The molecule has 1 aromatic carbocycles. The molecule has 0 saturated carbocycles. The van der Waals surface area contributed by atoms with E-state index < -0.39 is 9.84 Å². The van der Waals surface area contributed by atoms with Crippen LogP contribution < -0.4 is 4.46 Å². The number of hydrogen-bond donors (Lipinski definition) is 0. The van der Waals surface area contributed by atoms with Crippen LogP contribution in [0.15, 0.2) is 30.3 Å². The van der Waals surface area contributed by atoms with E-state index in [1.165, 1.54) is 4.46 Å². The Balaban J connectivity index is 2.16. The number of rotatable bonds is 2. The third-order valence-electron chi connectivity index (χ3n) is 3.86. The molecule has 106 valence electrons. The van der Waals surface area contributed by atoms with Crippen molar-refractivity contribution in [2.75, 3.05) is 5.75 Å². The van der Waals surface area contributed by atoms with E-state index in [4.69, 9.17) is 0 Å². The van der Waals surface area contributed by atoms with Crippen LogP contribution in [-0.4, -0.2) is 33.3 Å². The van der Waals surface area contributed by atoms with E-state index in [-0.39, 0.29) is 24.5 Å². The second-order valence-corrected chi connectivity index (χ2v) is 12.0. The molecule has 0 aromatic heterocycles. The Kier molecular flexibility index (Phi) is 4.44. The zero-order valence-electron chi connectivity index (χ0n) is 11.8. The van der Waals surface area contributed by atoms with E-state index >= 15 is 0 Å². The van der Waals surface area contributed by atoms with Crippen molar-refractivity contribution < 1.29 is 8.42 Å². The van der Waals surface area contributed by atoms with Crippen LogP contribution in [0.1, 0.15) is 33.6 Å². The first-order valence-electron chi connectivity index (χ1n) is 6.72. The van der Waals surface area contributed by atoms with Crippen LogP contribution in [-0.2, 0) is 9.84 Å². The van der Waals surface area contributed by atoms with Crippen molar-refractivity contribution in [3.63, 3.8) is 0 Å². The molecule has 0 radical (unpaired) electrons. The Bertz CT molecular complexity index is 517. The molecule has 2 atom stereocenters. The fourth-order valence-electron chi connectivity index (χ4n) is 2.49. The predicted octanol–water partition coefficient (Wildman–Crippen LogP) is 2.21. The van der Waals surface area contributed by atoms with Gasteiger partial charge in [0.05, 0.1) is 0 Å². The summed E-state index contributed by atoms with van der Waals surface area (Å²) in [5.74, 6) is 0.889. The second-order valence-electron chi connectivity index (χ2n) is 6.31. The quantitative estimate of drug-likeness (QED) is 0.770. The molecule has 1 aromatic rings. The van der Waals surface area contributed by atoms with E-state index in [2.05, 4.69) is 32.9 Å². The van der Waals surface area contributed by atoms with Gasteiger partial charge < -0.3 is 0 Å². The topological polar surface area (TPSA) is 34.1 Å². The van der Waals surface area contributed by atoms with Gasteiger partial charge in [0.25, 0.3) is 0 Å². The predicted molar refractivity (Wildman–Crippen MR) is 81.6 cm³/mol. The Morgan fingerprint density at radius 3 is 2.37 bits per heavy atom. The van der Waals surface area contributed by atoms with Gasteiger partial charge in [-0.15, -0.1) is 0 Å². The molecule has 19 heavy (non-hydrogen) atoms. The average Bonchev–Trinajstić information content (AvgIpc) is 2.31. The first-order chi connectivity index (χ1) is 8.79. The Morgan fingerprint density at radius 1 is 1.16 bits per heavy atom. The monoisotopic (exact) mass is 346 g/mol. The minimum absolute atomic E-state index is 0.0318. The summed E-state index contributed by atoms with van der Waals surface area (Å²) in [7, 11) is -2.89. The molecule has 0 N–H and O–H groups in total. The summed E-state index contributed by atoms with van der Waals surface area (Å²) < 4.78 is 25.6. The molecule has 4 heteroatoms. The maximum atomic E-state index is 12.3. The first kappa shape index (κ1) is 15.1. The molecule has 0 bridgehead atoms. The second kappa shape index (κ2) is 5.59. The summed E-state index contributed by atoms with van der Waals surface area (Å²) in [6.45, 7) is 6.67. The maximum absolute atomic E-state index is 12.3. The summed E-state index contributed by atoms with van der Waals surface area (Å²) in [5, 5.41) is 0. The van der Waals surface area contributed by atoms with Gasteiger partial charge in [0.2, 0.25) is 0 Å². The normalized spacial score (nSPS) is 27.1. The van der Waals surface area contributed by atoms with Crippen LogP contribution in [0.3, 0.4) is 0 Å². The summed E-state index contributed by atoms with van der Waals surface area (Å²) in [5.41, 5.74) is 0.209. The van der Waals surface area contributed by atoms with Gasteiger partial charge in [0, 0.05) is 0 Å². The van der Waals surface area contributed by atoms with Crippen molar-refractivity contribution in [3.8, 4) is 0 Å². The van der Waals surface area contributed by atoms with E-state index in [1.54, 1.807) is 0 Å². The molecule has 0 aliphatic carbocycles. The van der Waals surface area contributed by atoms with Crippen molar-refractivity contribution in [2.24, 2.45) is 11.3 Å². The Morgan fingerprint density at radius 2 is 1.79 bits per heavy atom. The van der Waals surface area contributed by atoms with Crippen LogP contribution in [0.5, 0.6) is 0 Å². The van der Waals surface area contributed by atoms with Crippen LogP contribution in [0.2, 0.25) is 0 Å². The van der Waals surface area contributed by atoms with Crippen LogP contribution in [0.4, 0.5) is 0 Å². The van der Waals surface area contributed by atoms with E-state index in [0.29, 0.717) is 11.7 Å². The molecule has 1 heterocycles. The van der Waals surface area contributed by atoms with E-state index in [1.807, 2.05) is 18.2 Å². The first-order valence-corrected chi connectivity index (χ1v) is 10.3. The molecular weight excluding hydrogens is 323 g/mol. The Labute approximate surface area is 123 Å². The average molecular weight is 345 g/mol. The zero-order valence-corrected chi connectivity index (χ0v) is 14.3. The van der Waals surface area contributed by atoms with E-state index in [9.17, 15) is 8.42 Å². The van der Waals surface area contributed by atoms with Crippen LogP contribution >= 0.6 is 0 Å². The molecule has 1 fully saturated rings. The van der Waals surface area contributed by atoms with Crippen LogP contribution in [0.25, 0.3) is 0 Å². The van der Waals surface area contributed by atoms with Crippen molar-refractivity contribution in [3.05, 3.63) is 30.3 Å². The molecule has 0 spiro atoms. The molecule has 0 unspecified atom stereocenters. The third-order valence-corrected chi connectivity index (χ3v) is 10.1. The van der Waals surface area contributed by atoms with Gasteiger partial charge >= 0.3 is 123 Å². The summed E-state index contributed by atoms with van der Waals surface area (Å²) >= 11 is 0.0318. The molecule has 1 aliphatic heterocycles. The van der Waals surface area contributed by atoms with Crippen molar-refractivity contribution in [1.29, 1.82) is 0 Å². The zero-order chi connectivity index (χ0) is 14.1.